The van der Waals surface area contributed by atoms with Gasteiger partial charge in [-0.05, 0) is 45.4 Å². The van der Waals surface area contributed by atoms with Gasteiger partial charge >= 0.3 is 6.01 Å². The fourth-order valence-electron chi connectivity index (χ4n) is 2.30. The first-order valence-electron chi connectivity index (χ1n) is 7.13. The number of rotatable bonds is 5. The van der Waals surface area contributed by atoms with Crippen molar-refractivity contribution < 1.29 is 9.84 Å². The minimum Gasteiger partial charge on any atom is -0.461 e. The van der Waals surface area contributed by atoms with E-state index in [2.05, 4.69) is 20.3 Å². The van der Waals surface area contributed by atoms with Gasteiger partial charge in [0.05, 0.1) is 12.2 Å². The van der Waals surface area contributed by atoms with Crippen LogP contribution in [0.15, 0.2) is 0 Å². The summed E-state index contributed by atoms with van der Waals surface area (Å²) in [7, 11) is 0. The molecular formula is C13H23N5O2. The average molecular weight is 281 g/mol. The van der Waals surface area contributed by atoms with Crippen LogP contribution in [0.5, 0.6) is 6.01 Å². The van der Waals surface area contributed by atoms with Gasteiger partial charge in [0.2, 0.25) is 11.9 Å². The molecule has 0 radical (unpaired) electrons. The lowest BCUT2D eigenvalue weighted by molar-refractivity contribution is 0.111. The highest BCUT2D eigenvalue weighted by Gasteiger charge is 2.19. The maximum absolute atomic E-state index is 9.48. The lowest BCUT2D eigenvalue weighted by atomic mass is 9.87. The third-order valence-corrected chi connectivity index (χ3v) is 3.34. The third kappa shape index (κ3) is 4.48. The predicted octanol–water partition coefficient (Wildman–Crippen LogP) is 1.20. The Hall–Kier alpha value is -1.63. The minimum atomic E-state index is -0.134. The molecule has 0 atom stereocenters. The maximum Gasteiger partial charge on any atom is 0.323 e. The molecule has 0 saturated heterocycles. The highest BCUT2D eigenvalue weighted by atomic mass is 16.5. The van der Waals surface area contributed by atoms with Crippen molar-refractivity contribution in [1.29, 1.82) is 0 Å². The van der Waals surface area contributed by atoms with Gasteiger partial charge in [0.25, 0.3) is 0 Å². The molecule has 2 rings (SSSR count). The molecule has 1 saturated carbocycles. The number of nitrogens with one attached hydrogen (secondary N) is 1. The molecule has 20 heavy (non-hydrogen) atoms. The number of anilines is 2. The van der Waals surface area contributed by atoms with E-state index in [1.165, 1.54) is 0 Å². The Morgan fingerprint density at radius 3 is 2.60 bits per heavy atom. The fourth-order valence-corrected chi connectivity index (χ4v) is 2.30. The molecule has 4 N–H and O–H groups in total. The summed E-state index contributed by atoms with van der Waals surface area (Å²) in [6.07, 6.45) is 3.63. The van der Waals surface area contributed by atoms with Gasteiger partial charge in [-0.15, -0.1) is 0 Å². The fraction of sp³-hybridized carbons (Fsp3) is 0.769. The van der Waals surface area contributed by atoms with Crippen molar-refractivity contribution in [2.24, 2.45) is 5.92 Å². The standard InChI is InChI=1S/C13H23N5O2/c1-8(2)20-13-17-11(14)16-12(18-13)15-7-9-3-5-10(19)6-4-9/h8-10,19H,3-7H2,1-2H3,(H3,14,15,16,17,18). The van der Waals surface area contributed by atoms with Crippen LogP contribution in [0.25, 0.3) is 0 Å². The Balaban J connectivity index is 1.90. The number of nitrogens with two attached hydrogens (primary N) is 1. The summed E-state index contributed by atoms with van der Waals surface area (Å²) < 4.78 is 5.43. The van der Waals surface area contributed by atoms with Gasteiger partial charge in [-0.25, -0.2) is 0 Å². The summed E-state index contributed by atoms with van der Waals surface area (Å²) >= 11 is 0. The van der Waals surface area contributed by atoms with Crippen molar-refractivity contribution in [3.05, 3.63) is 0 Å². The lowest BCUT2D eigenvalue weighted by Gasteiger charge is -2.25. The molecule has 7 nitrogen and oxygen atoms in total. The number of nitrogen functional groups attached to an aromatic ring is 1. The summed E-state index contributed by atoms with van der Waals surface area (Å²) in [5.74, 6) is 1.13. The first-order chi connectivity index (χ1) is 9.52. The SMILES string of the molecule is CC(C)Oc1nc(N)nc(NCC2CCC(O)CC2)n1. The predicted molar refractivity (Wildman–Crippen MR) is 76.5 cm³/mol. The molecule has 1 aliphatic rings. The molecule has 0 aromatic carbocycles. The largest absolute Gasteiger partial charge is 0.461 e. The van der Waals surface area contributed by atoms with Gasteiger partial charge < -0.3 is 20.9 Å². The van der Waals surface area contributed by atoms with E-state index in [0.717, 1.165) is 32.2 Å². The smallest absolute Gasteiger partial charge is 0.323 e. The molecule has 1 aliphatic carbocycles. The second-order valence-electron chi connectivity index (χ2n) is 5.52. The molecule has 0 unspecified atom stereocenters. The van der Waals surface area contributed by atoms with Gasteiger partial charge in [0, 0.05) is 6.54 Å². The summed E-state index contributed by atoms with van der Waals surface area (Å²) in [5.41, 5.74) is 5.65. The zero-order chi connectivity index (χ0) is 14.5. The average Bonchev–Trinajstić information content (AvgIpc) is 2.36. The number of aliphatic hydroxyl groups excluding tert-OH is 1. The topological polar surface area (TPSA) is 106 Å². The van der Waals surface area contributed by atoms with Crippen molar-refractivity contribution in [2.45, 2.75) is 51.7 Å². The van der Waals surface area contributed by atoms with E-state index < -0.39 is 0 Å². The Morgan fingerprint density at radius 2 is 1.95 bits per heavy atom. The molecule has 1 heterocycles. The van der Waals surface area contributed by atoms with E-state index in [0.29, 0.717) is 11.9 Å². The van der Waals surface area contributed by atoms with Crippen LogP contribution in [0, 0.1) is 5.92 Å². The number of hydrogen-bond donors (Lipinski definition) is 3. The first-order valence-corrected chi connectivity index (χ1v) is 7.13. The summed E-state index contributed by atoms with van der Waals surface area (Å²) in [5, 5.41) is 12.7. The van der Waals surface area contributed by atoms with Crippen LogP contribution in [0.3, 0.4) is 0 Å². The zero-order valence-corrected chi connectivity index (χ0v) is 12.0. The van der Waals surface area contributed by atoms with Crippen molar-refractivity contribution >= 4 is 11.9 Å². The Bertz CT molecular complexity index is 433. The Labute approximate surface area is 119 Å². The van der Waals surface area contributed by atoms with Crippen molar-refractivity contribution in [1.82, 2.24) is 15.0 Å². The molecule has 1 aromatic rings. The number of hydrogen-bond acceptors (Lipinski definition) is 7. The molecule has 112 valence electrons. The zero-order valence-electron chi connectivity index (χ0n) is 12.0. The van der Waals surface area contributed by atoms with Gasteiger partial charge in [0.1, 0.15) is 0 Å². The van der Waals surface area contributed by atoms with E-state index >= 15 is 0 Å². The molecule has 0 aliphatic heterocycles. The number of ether oxygens (including phenoxy) is 1. The van der Waals surface area contributed by atoms with Gasteiger partial charge in [-0.2, -0.15) is 15.0 Å². The van der Waals surface area contributed by atoms with Crippen LogP contribution >= 0.6 is 0 Å². The number of nitrogens with zero attached hydrogens (tertiary/aromatic N) is 3. The second-order valence-corrected chi connectivity index (χ2v) is 5.52. The highest BCUT2D eigenvalue weighted by Crippen LogP contribution is 2.24. The highest BCUT2D eigenvalue weighted by molar-refractivity contribution is 5.32. The van der Waals surface area contributed by atoms with E-state index in [9.17, 15) is 5.11 Å². The lowest BCUT2D eigenvalue weighted by Crippen LogP contribution is -2.24. The molecule has 0 bridgehead atoms. The Morgan fingerprint density at radius 1 is 1.25 bits per heavy atom. The second kappa shape index (κ2) is 6.69. The third-order valence-electron chi connectivity index (χ3n) is 3.34. The van der Waals surface area contributed by atoms with Crippen LogP contribution in [0.2, 0.25) is 0 Å². The van der Waals surface area contributed by atoms with Gasteiger partial charge in [-0.3, -0.25) is 0 Å². The Kier molecular flexibility index (Phi) is 4.94. The molecule has 1 fully saturated rings. The first kappa shape index (κ1) is 14.8. The van der Waals surface area contributed by atoms with E-state index in [1.807, 2.05) is 13.8 Å². The van der Waals surface area contributed by atoms with Gasteiger partial charge in [-0.1, -0.05) is 0 Å². The molecule has 7 heteroatoms. The minimum absolute atomic E-state index is 0.00974. The quantitative estimate of drug-likeness (QED) is 0.744. The van der Waals surface area contributed by atoms with E-state index in [1.54, 1.807) is 0 Å². The van der Waals surface area contributed by atoms with Crippen molar-refractivity contribution in [3.8, 4) is 6.01 Å². The number of aromatic nitrogens is 3. The van der Waals surface area contributed by atoms with Crippen LogP contribution < -0.4 is 15.8 Å². The van der Waals surface area contributed by atoms with E-state index in [-0.39, 0.29) is 24.2 Å². The maximum atomic E-state index is 9.48. The summed E-state index contributed by atoms with van der Waals surface area (Å²) in [6.45, 7) is 4.58. The van der Waals surface area contributed by atoms with Crippen molar-refractivity contribution in [3.63, 3.8) is 0 Å². The van der Waals surface area contributed by atoms with Crippen molar-refractivity contribution in [2.75, 3.05) is 17.6 Å². The summed E-state index contributed by atoms with van der Waals surface area (Å²) in [4.78, 5) is 12.2. The normalized spacial score (nSPS) is 22.8. The summed E-state index contributed by atoms with van der Waals surface area (Å²) in [6, 6.07) is 0.245. The van der Waals surface area contributed by atoms with Crippen LogP contribution in [-0.2, 0) is 0 Å². The van der Waals surface area contributed by atoms with Gasteiger partial charge in [0.15, 0.2) is 0 Å². The van der Waals surface area contributed by atoms with Crippen LogP contribution in [0.1, 0.15) is 39.5 Å². The molecule has 0 spiro atoms. The van der Waals surface area contributed by atoms with Crippen LogP contribution in [-0.4, -0.2) is 38.8 Å². The monoisotopic (exact) mass is 281 g/mol. The number of aliphatic hydroxyl groups is 1. The van der Waals surface area contributed by atoms with Crippen LogP contribution in [0.4, 0.5) is 11.9 Å². The molecule has 0 amide bonds. The van der Waals surface area contributed by atoms with E-state index in [4.69, 9.17) is 10.5 Å². The molecular weight excluding hydrogens is 258 g/mol. The molecule has 1 aromatic heterocycles.